The smallest absolute Gasteiger partial charge is 0.164 e. The lowest BCUT2D eigenvalue weighted by atomic mass is 9.43. The standard InChI is InChI=1S/C77H54N6O2/c1-3-12-49(13-4-1)71-78-73(82-75(80-71)55-30-35-61-59-18-7-9-20-67(59)84-69(61)43-55)53-17-11-16-51(40-53)46-24-26-47(27-25-46)52-29-34-58-63-41-54(32-37-64(63)77(66(58)42-52)57-33-28-48-23-22-45(38-57)39-65(48)77)74-79-72(50-14-5-2-6-15-50)81-76(83-74)56-31-36-62-60-19-8-10-21-68(60)85-70(62)44-56/h1-21,24-27,29-32,34-37,40-45,48,57,65H,22-23,28,33,38-39H2. The summed E-state index contributed by atoms with van der Waals surface area (Å²) >= 11 is 0. The molecule has 0 N–H and O–H groups in total. The maximum Gasteiger partial charge on any atom is 0.164 e. The van der Waals surface area contributed by atoms with Crippen LogP contribution in [0.3, 0.4) is 0 Å². The molecule has 5 unspecified atom stereocenters. The highest BCUT2D eigenvalue weighted by Crippen LogP contribution is 2.69. The first-order valence-corrected chi connectivity index (χ1v) is 30.0. The number of hydrogen-bond acceptors (Lipinski definition) is 8. The maximum absolute atomic E-state index is 6.37. The highest BCUT2D eigenvalue weighted by Gasteiger charge is 2.61. The van der Waals surface area contributed by atoms with E-state index in [-0.39, 0.29) is 5.41 Å². The van der Waals surface area contributed by atoms with E-state index >= 15 is 0 Å². The van der Waals surface area contributed by atoms with Crippen LogP contribution in [0.5, 0.6) is 0 Å². The molecule has 4 heterocycles. The topological polar surface area (TPSA) is 104 Å². The lowest BCUT2D eigenvalue weighted by Crippen LogP contribution is -2.55. The minimum atomic E-state index is -0.0453. The molecule has 3 fully saturated rings. The Hall–Kier alpha value is -10.2. The van der Waals surface area contributed by atoms with Crippen LogP contribution in [0.25, 0.3) is 146 Å². The molecule has 0 radical (unpaired) electrons. The summed E-state index contributed by atoms with van der Waals surface area (Å²) in [7, 11) is 0. The fraction of sp³-hybridized carbons (Fsp3) is 0.143. The quantitative estimate of drug-likeness (QED) is 0.148. The normalized spacial score (nSPS) is 19.3. The summed E-state index contributed by atoms with van der Waals surface area (Å²) < 4.78 is 12.7. The van der Waals surface area contributed by atoms with Crippen molar-refractivity contribution in [2.75, 3.05) is 0 Å². The first kappa shape index (κ1) is 48.4. The van der Waals surface area contributed by atoms with E-state index in [0.29, 0.717) is 46.8 Å². The summed E-state index contributed by atoms with van der Waals surface area (Å²) in [5.74, 6) is 6.50. The van der Waals surface area contributed by atoms with Crippen LogP contribution in [0.15, 0.2) is 239 Å². The molecule has 3 saturated carbocycles. The molecule has 14 aromatic rings. The lowest BCUT2D eigenvalue weighted by Gasteiger charge is -2.60. The first-order chi connectivity index (χ1) is 42.0. The van der Waals surface area contributed by atoms with Gasteiger partial charge >= 0.3 is 0 Å². The third-order valence-electron chi connectivity index (χ3n) is 19.6. The Balaban J connectivity index is 0.711. The molecular weight excluding hydrogens is 1040 g/mol. The summed E-state index contributed by atoms with van der Waals surface area (Å²) in [4.78, 5) is 31.0. The Bertz CT molecular complexity index is 5010. The molecule has 18 rings (SSSR count). The van der Waals surface area contributed by atoms with Crippen molar-refractivity contribution in [3.05, 3.63) is 242 Å². The van der Waals surface area contributed by atoms with Crippen molar-refractivity contribution in [3.63, 3.8) is 0 Å². The fourth-order valence-electron chi connectivity index (χ4n) is 15.8. The number of furan rings is 2. The molecule has 0 aliphatic heterocycles. The highest BCUT2D eigenvalue weighted by atomic mass is 16.3. The summed E-state index contributed by atoms with van der Waals surface area (Å²) in [6.45, 7) is 0. The molecule has 10 aromatic carbocycles. The van der Waals surface area contributed by atoms with Gasteiger partial charge in [-0.1, -0.05) is 182 Å². The van der Waals surface area contributed by atoms with Gasteiger partial charge in [0.25, 0.3) is 0 Å². The molecule has 0 amide bonds. The third kappa shape index (κ3) is 7.74. The van der Waals surface area contributed by atoms with E-state index in [2.05, 4.69) is 146 Å². The number of benzene rings is 10. The monoisotopic (exact) mass is 1090 g/mol. The van der Waals surface area contributed by atoms with Gasteiger partial charge in [0.1, 0.15) is 22.3 Å². The minimum Gasteiger partial charge on any atom is -0.456 e. The van der Waals surface area contributed by atoms with Crippen LogP contribution in [-0.2, 0) is 5.41 Å². The molecule has 1 spiro atoms. The second kappa shape index (κ2) is 18.9. The van der Waals surface area contributed by atoms with E-state index in [1.807, 2.05) is 84.9 Å². The van der Waals surface area contributed by atoms with Gasteiger partial charge in [0.15, 0.2) is 34.9 Å². The van der Waals surface area contributed by atoms with Crippen LogP contribution < -0.4 is 0 Å². The van der Waals surface area contributed by atoms with Crippen molar-refractivity contribution < 1.29 is 8.83 Å². The van der Waals surface area contributed by atoms with Gasteiger partial charge in [-0.2, -0.15) is 0 Å². The zero-order valence-electron chi connectivity index (χ0n) is 46.5. The number of rotatable bonds is 8. The predicted octanol–water partition coefficient (Wildman–Crippen LogP) is 19.3. The van der Waals surface area contributed by atoms with Gasteiger partial charge in [-0.15, -0.1) is 0 Å². The molecule has 3 bridgehead atoms. The molecule has 0 saturated heterocycles. The third-order valence-corrected chi connectivity index (χ3v) is 19.6. The number of nitrogens with zero attached hydrogens (tertiary/aromatic N) is 6. The zero-order chi connectivity index (χ0) is 55.7. The van der Waals surface area contributed by atoms with Gasteiger partial charge < -0.3 is 8.83 Å². The van der Waals surface area contributed by atoms with Gasteiger partial charge in [-0.25, -0.2) is 29.9 Å². The maximum atomic E-state index is 6.37. The van der Waals surface area contributed by atoms with E-state index in [1.165, 1.54) is 71.9 Å². The van der Waals surface area contributed by atoms with E-state index in [9.17, 15) is 0 Å². The SMILES string of the molecule is c1ccc(-c2nc(-c3cccc(-c4ccc(-c5ccc6c(c5)C5(c7ccc(-c8nc(-c9ccccc9)nc(-c9ccc%10c(c9)oc9ccccc9%10)n8)cc7-6)C6CCC7CCC(C6)CC75)cc4)c3)nc(-c3ccc4c(c3)oc3ccccc34)n2)cc1. The summed E-state index contributed by atoms with van der Waals surface area (Å²) in [5, 5.41) is 4.33. The number of aromatic nitrogens is 6. The molecule has 404 valence electrons. The van der Waals surface area contributed by atoms with E-state index < -0.39 is 0 Å². The second-order valence-corrected chi connectivity index (χ2v) is 24.1. The average Bonchev–Trinajstić information content (AvgIpc) is 1.71. The Kier molecular flexibility index (Phi) is 10.8. The van der Waals surface area contributed by atoms with Crippen LogP contribution in [0, 0.1) is 23.7 Å². The molecule has 4 aliphatic rings. The van der Waals surface area contributed by atoms with Crippen LogP contribution in [0.4, 0.5) is 0 Å². The lowest BCUT2D eigenvalue weighted by molar-refractivity contribution is -0.0320. The molecular formula is C77H54N6O2. The van der Waals surface area contributed by atoms with E-state index in [1.54, 1.807) is 0 Å². The van der Waals surface area contributed by atoms with Crippen molar-refractivity contribution in [3.8, 4) is 102 Å². The second-order valence-electron chi connectivity index (χ2n) is 24.1. The summed E-state index contributed by atoms with van der Waals surface area (Å²) in [6, 6.07) is 81.6. The van der Waals surface area contributed by atoms with Gasteiger partial charge in [0.2, 0.25) is 0 Å². The highest BCUT2D eigenvalue weighted by molar-refractivity contribution is 6.07. The van der Waals surface area contributed by atoms with Crippen molar-refractivity contribution >= 4 is 43.9 Å². The summed E-state index contributed by atoms with van der Waals surface area (Å²) in [5.41, 5.74) is 19.2. The van der Waals surface area contributed by atoms with Crippen molar-refractivity contribution in [1.29, 1.82) is 0 Å². The Morgan fingerprint density at radius 2 is 0.741 bits per heavy atom. The predicted molar refractivity (Wildman–Crippen MR) is 339 cm³/mol. The number of hydrogen-bond donors (Lipinski definition) is 0. The number of para-hydroxylation sites is 2. The largest absolute Gasteiger partial charge is 0.456 e. The molecule has 8 heteroatoms. The fourth-order valence-corrected chi connectivity index (χ4v) is 15.8. The summed E-state index contributed by atoms with van der Waals surface area (Å²) in [6.07, 6.45) is 7.94. The van der Waals surface area contributed by atoms with Gasteiger partial charge in [-0.05, 0) is 155 Å². The minimum absolute atomic E-state index is 0.0453. The van der Waals surface area contributed by atoms with Crippen molar-refractivity contribution in [2.45, 2.75) is 43.9 Å². The van der Waals surface area contributed by atoms with Crippen molar-refractivity contribution in [1.82, 2.24) is 29.9 Å². The first-order valence-electron chi connectivity index (χ1n) is 30.0. The van der Waals surface area contributed by atoms with Crippen LogP contribution in [0.2, 0.25) is 0 Å². The van der Waals surface area contributed by atoms with Gasteiger partial charge in [0.05, 0.1) is 0 Å². The van der Waals surface area contributed by atoms with Crippen LogP contribution in [-0.4, -0.2) is 29.9 Å². The molecule has 4 aliphatic carbocycles. The molecule has 5 atom stereocenters. The van der Waals surface area contributed by atoms with E-state index in [4.69, 9.17) is 38.7 Å². The Morgan fingerprint density at radius 1 is 0.294 bits per heavy atom. The molecule has 8 nitrogen and oxygen atoms in total. The molecule has 85 heavy (non-hydrogen) atoms. The van der Waals surface area contributed by atoms with Crippen LogP contribution >= 0.6 is 0 Å². The Labute approximate surface area is 491 Å². The number of fused-ring (bicyclic) bond motifs is 10. The Morgan fingerprint density at radius 3 is 1.34 bits per heavy atom. The molecule has 4 aromatic heterocycles. The van der Waals surface area contributed by atoms with E-state index in [0.717, 1.165) is 100 Å². The van der Waals surface area contributed by atoms with Gasteiger partial charge in [0, 0.05) is 60.3 Å². The van der Waals surface area contributed by atoms with Crippen LogP contribution in [0.1, 0.15) is 49.7 Å². The van der Waals surface area contributed by atoms with Gasteiger partial charge in [-0.3, -0.25) is 0 Å². The van der Waals surface area contributed by atoms with Crippen molar-refractivity contribution in [2.24, 2.45) is 23.7 Å². The average molecular weight is 1100 g/mol. The zero-order valence-corrected chi connectivity index (χ0v) is 46.5.